The van der Waals surface area contributed by atoms with Crippen molar-refractivity contribution in [2.24, 2.45) is 11.8 Å². The minimum atomic E-state index is 0.426. The average Bonchev–Trinajstić information content (AvgIpc) is 2.16. The van der Waals surface area contributed by atoms with E-state index in [0.29, 0.717) is 11.8 Å². The molecule has 1 heterocycles. The Labute approximate surface area is 99.7 Å². The predicted octanol–water partition coefficient (Wildman–Crippen LogP) is 2.66. The van der Waals surface area contributed by atoms with Gasteiger partial charge in [-0.25, -0.2) is 0 Å². The van der Waals surface area contributed by atoms with Gasteiger partial charge in [0.25, 0.3) is 0 Å². The zero-order valence-corrected chi connectivity index (χ0v) is 11.1. The number of hydrogen-bond donors (Lipinski definition) is 1. The fraction of sp³-hybridized carbons (Fsp3) is 0.846. The van der Waals surface area contributed by atoms with Crippen LogP contribution in [0.1, 0.15) is 33.6 Å². The fourth-order valence-electron chi connectivity index (χ4n) is 2.15. The van der Waals surface area contributed by atoms with Crippen molar-refractivity contribution in [3.63, 3.8) is 0 Å². The summed E-state index contributed by atoms with van der Waals surface area (Å²) in [6.45, 7) is 9.60. The first-order valence-electron chi connectivity index (χ1n) is 6.35. The lowest BCUT2D eigenvalue weighted by atomic mass is 9.99. The van der Waals surface area contributed by atoms with Crippen LogP contribution >= 0.6 is 0 Å². The molecule has 0 aromatic carbocycles. The molecule has 0 radical (unpaired) electrons. The fourth-order valence-corrected chi connectivity index (χ4v) is 2.15. The lowest BCUT2D eigenvalue weighted by molar-refractivity contribution is 0.145. The number of hydrogen-bond acceptors (Lipinski definition) is 3. The topological polar surface area (TPSA) is 26.7 Å². The van der Waals surface area contributed by atoms with Crippen molar-refractivity contribution < 1.29 is 5.11 Å². The Morgan fingerprint density at radius 2 is 2.00 bits per heavy atom. The molecule has 0 bridgehead atoms. The van der Waals surface area contributed by atoms with Crippen LogP contribution < -0.4 is 0 Å². The molecule has 0 saturated carbocycles. The Morgan fingerprint density at radius 1 is 1.44 bits per heavy atom. The van der Waals surface area contributed by atoms with Gasteiger partial charge >= 0.3 is 0 Å². The highest BCUT2D eigenvalue weighted by Gasteiger charge is 2.17. The van der Waals surface area contributed by atoms with Gasteiger partial charge < -0.3 is 14.9 Å². The second-order valence-electron chi connectivity index (χ2n) is 5.49. The largest absolute Gasteiger partial charge is 0.494 e. The van der Waals surface area contributed by atoms with Gasteiger partial charge in [-0.15, -0.1) is 0 Å². The molecular formula is C13H26N2O. The molecule has 0 aromatic rings. The molecular weight excluding hydrogens is 200 g/mol. The molecule has 94 valence electrons. The van der Waals surface area contributed by atoms with Crippen LogP contribution in [0.25, 0.3) is 0 Å². The zero-order valence-electron chi connectivity index (χ0n) is 11.1. The van der Waals surface area contributed by atoms with Crippen LogP contribution in [-0.4, -0.2) is 41.6 Å². The maximum absolute atomic E-state index is 9.99. The third-order valence-corrected chi connectivity index (χ3v) is 3.10. The van der Waals surface area contributed by atoms with E-state index in [-0.39, 0.29) is 0 Å². The number of nitrogens with zero attached hydrogens (tertiary/aromatic N) is 2. The number of likely N-dealkylation sites (tertiary alicyclic amines) is 1. The molecule has 1 rings (SSSR count). The Hall–Kier alpha value is -0.860. The van der Waals surface area contributed by atoms with E-state index in [1.807, 2.05) is 13.2 Å². The molecule has 1 saturated heterocycles. The lowest BCUT2D eigenvalue weighted by Crippen LogP contribution is -2.33. The third kappa shape index (κ3) is 4.33. The van der Waals surface area contributed by atoms with Crippen LogP contribution in [0.2, 0.25) is 0 Å². The minimum absolute atomic E-state index is 0.426. The van der Waals surface area contributed by atoms with Crippen molar-refractivity contribution in [2.75, 3.05) is 26.7 Å². The van der Waals surface area contributed by atoms with Crippen molar-refractivity contribution in [3.05, 3.63) is 12.1 Å². The maximum atomic E-state index is 9.99. The van der Waals surface area contributed by atoms with E-state index in [9.17, 15) is 5.11 Å². The number of aliphatic hydroxyl groups is 1. The summed E-state index contributed by atoms with van der Waals surface area (Å²) in [7, 11) is 2.02. The Bertz CT molecular complexity index is 230. The standard InChI is InChI=1S/C13H26N2O/c1-11(2)9-14(4)10-13(16)15-7-5-12(3)6-8-15/h10-12,16H,5-9H2,1-4H3/b13-10-. The highest BCUT2D eigenvalue weighted by molar-refractivity contribution is 4.92. The first kappa shape index (κ1) is 13.2. The van der Waals surface area contributed by atoms with Crippen LogP contribution in [0.15, 0.2) is 12.1 Å². The van der Waals surface area contributed by atoms with Gasteiger partial charge in [0, 0.05) is 26.7 Å². The van der Waals surface area contributed by atoms with Gasteiger partial charge in [-0.3, -0.25) is 0 Å². The molecule has 0 spiro atoms. The summed E-state index contributed by atoms with van der Waals surface area (Å²) in [6, 6.07) is 0. The van der Waals surface area contributed by atoms with Crippen LogP contribution in [0.4, 0.5) is 0 Å². The van der Waals surface area contributed by atoms with Crippen molar-refractivity contribution in [2.45, 2.75) is 33.6 Å². The molecule has 0 amide bonds. The molecule has 0 aromatic heterocycles. The third-order valence-electron chi connectivity index (χ3n) is 3.10. The van der Waals surface area contributed by atoms with Gasteiger partial charge in [-0.1, -0.05) is 20.8 Å². The van der Waals surface area contributed by atoms with E-state index in [0.717, 1.165) is 25.6 Å². The summed E-state index contributed by atoms with van der Waals surface area (Å²) in [6.07, 6.45) is 4.23. The van der Waals surface area contributed by atoms with Crippen LogP contribution in [-0.2, 0) is 0 Å². The monoisotopic (exact) mass is 226 g/mol. The summed E-state index contributed by atoms with van der Waals surface area (Å²) in [5, 5.41) is 9.99. The predicted molar refractivity (Wildman–Crippen MR) is 68.2 cm³/mol. The first-order chi connectivity index (χ1) is 7.49. The smallest absolute Gasteiger partial charge is 0.203 e. The molecule has 1 fully saturated rings. The molecule has 3 nitrogen and oxygen atoms in total. The molecule has 1 N–H and O–H groups in total. The quantitative estimate of drug-likeness (QED) is 0.747. The molecule has 3 heteroatoms. The maximum Gasteiger partial charge on any atom is 0.203 e. The van der Waals surface area contributed by atoms with Crippen LogP contribution in [0, 0.1) is 11.8 Å². The lowest BCUT2D eigenvalue weighted by Gasteiger charge is -2.31. The van der Waals surface area contributed by atoms with Crippen LogP contribution in [0.3, 0.4) is 0 Å². The number of rotatable bonds is 4. The van der Waals surface area contributed by atoms with Gasteiger partial charge in [0.15, 0.2) is 0 Å². The zero-order chi connectivity index (χ0) is 12.1. The van der Waals surface area contributed by atoms with Crippen molar-refractivity contribution in [1.29, 1.82) is 0 Å². The van der Waals surface area contributed by atoms with Crippen molar-refractivity contribution in [3.8, 4) is 0 Å². The normalized spacial score (nSPS) is 19.3. The Kier molecular flexibility index (Phi) is 4.97. The van der Waals surface area contributed by atoms with Gasteiger partial charge in [-0.05, 0) is 24.7 Å². The van der Waals surface area contributed by atoms with Crippen molar-refractivity contribution >= 4 is 0 Å². The van der Waals surface area contributed by atoms with Crippen molar-refractivity contribution in [1.82, 2.24) is 9.80 Å². The second kappa shape index (κ2) is 6.02. The van der Waals surface area contributed by atoms with Gasteiger partial charge in [0.2, 0.25) is 5.88 Å². The summed E-state index contributed by atoms with van der Waals surface area (Å²) >= 11 is 0. The van der Waals surface area contributed by atoms with E-state index < -0.39 is 0 Å². The summed E-state index contributed by atoms with van der Waals surface area (Å²) in [5.41, 5.74) is 0. The van der Waals surface area contributed by atoms with Crippen LogP contribution in [0.5, 0.6) is 0 Å². The molecule has 0 unspecified atom stereocenters. The van der Waals surface area contributed by atoms with E-state index >= 15 is 0 Å². The van der Waals surface area contributed by atoms with E-state index in [4.69, 9.17) is 0 Å². The second-order valence-corrected chi connectivity index (χ2v) is 5.49. The van der Waals surface area contributed by atoms with Gasteiger partial charge in [0.1, 0.15) is 0 Å². The SMILES string of the molecule is CC(C)CN(C)/C=C(\O)N1CCC(C)CC1. The number of aliphatic hydroxyl groups excluding tert-OH is 1. The Morgan fingerprint density at radius 3 is 2.50 bits per heavy atom. The molecule has 1 aliphatic heterocycles. The highest BCUT2D eigenvalue weighted by atomic mass is 16.3. The number of piperidine rings is 1. The first-order valence-corrected chi connectivity index (χ1v) is 6.35. The highest BCUT2D eigenvalue weighted by Crippen LogP contribution is 2.18. The molecule has 1 aliphatic rings. The summed E-state index contributed by atoms with van der Waals surface area (Å²) in [4.78, 5) is 4.15. The molecule has 16 heavy (non-hydrogen) atoms. The van der Waals surface area contributed by atoms with E-state index in [2.05, 4.69) is 30.6 Å². The Balaban J connectivity index is 2.43. The molecule has 0 aliphatic carbocycles. The van der Waals surface area contributed by atoms with E-state index in [1.54, 1.807) is 0 Å². The molecule has 0 atom stereocenters. The summed E-state index contributed by atoms with van der Waals surface area (Å²) < 4.78 is 0. The summed E-state index contributed by atoms with van der Waals surface area (Å²) in [5.74, 6) is 1.85. The van der Waals surface area contributed by atoms with E-state index in [1.165, 1.54) is 12.8 Å². The van der Waals surface area contributed by atoms with Gasteiger partial charge in [0.05, 0.1) is 6.20 Å². The van der Waals surface area contributed by atoms with Gasteiger partial charge in [-0.2, -0.15) is 0 Å². The average molecular weight is 226 g/mol. The minimum Gasteiger partial charge on any atom is -0.494 e.